The van der Waals surface area contributed by atoms with Crippen LogP contribution < -0.4 is 0 Å². The van der Waals surface area contributed by atoms with E-state index in [4.69, 9.17) is 0 Å². The maximum Gasteiger partial charge on any atom is 0.118 e. The van der Waals surface area contributed by atoms with Crippen LogP contribution in [-0.2, 0) is 6.42 Å². The molecule has 1 aromatic carbocycles. The van der Waals surface area contributed by atoms with E-state index in [1.807, 2.05) is 13.0 Å². The lowest BCUT2D eigenvalue weighted by atomic mass is 9.99. The van der Waals surface area contributed by atoms with E-state index in [1.54, 1.807) is 6.07 Å². The van der Waals surface area contributed by atoms with Gasteiger partial charge in [-0.3, -0.25) is 0 Å². The molecular weight excluding hydrogens is 184 g/mol. The molecule has 82 valence electrons. The predicted octanol–water partition coefficient (Wildman–Crippen LogP) is 3.85. The molecule has 1 aromatic rings. The van der Waals surface area contributed by atoms with Crippen LogP contribution in [0.4, 0.5) is 0 Å². The van der Waals surface area contributed by atoms with Crippen molar-refractivity contribution in [1.82, 2.24) is 0 Å². The highest BCUT2D eigenvalue weighted by Crippen LogP contribution is 2.19. The van der Waals surface area contributed by atoms with Gasteiger partial charge >= 0.3 is 0 Å². The second kappa shape index (κ2) is 5.59. The van der Waals surface area contributed by atoms with Crippen LogP contribution >= 0.6 is 0 Å². The molecule has 1 unspecified atom stereocenters. The van der Waals surface area contributed by atoms with Crippen LogP contribution in [0.15, 0.2) is 30.4 Å². The van der Waals surface area contributed by atoms with Crippen LogP contribution in [-0.4, -0.2) is 5.11 Å². The number of hydrogen-bond donors (Lipinski definition) is 1. The smallest absolute Gasteiger partial charge is 0.118 e. The summed E-state index contributed by atoms with van der Waals surface area (Å²) in [6.07, 6.45) is 6.59. The maximum absolute atomic E-state index is 9.41. The van der Waals surface area contributed by atoms with Gasteiger partial charge in [0.05, 0.1) is 0 Å². The van der Waals surface area contributed by atoms with Gasteiger partial charge in [-0.05, 0) is 42.9 Å². The minimum Gasteiger partial charge on any atom is -0.508 e. The highest BCUT2D eigenvalue weighted by atomic mass is 16.3. The van der Waals surface area contributed by atoms with E-state index in [1.165, 1.54) is 5.56 Å². The maximum atomic E-state index is 9.41. The molecule has 1 heteroatoms. The van der Waals surface area contributed by atoms with Crippen molar-refractivity contribution in [2.24, 2.45) is 5.92 Å². The molecule has 0 aliphatic rings. The summed E-state index contributed by atoms with van der Waals surface area (Å²) in [7, 11) is 0. The Hall–Kier alpha value is -1.24. The van der Waals surface area contributed by atoms with E-state index in [-0.39, 0.29) is 0 Å². The van der Waals surface area contributed by atoms with E-state index in [9.17, 15) is 5.11 Å². The van der Waals surface area contributed by atoms with Crippen molar-refractivity contribution in [3.8, 4) is 5.75 Å². The predicted molar refractivity (Wildman–Crippen MR) is 65.1 cm³/mol. The molecule has 0 aliphatic heterocycles. The summed E-state index contributed by atoms with van der Waals surface area (Å²) in [6, 6.07) is 5.84. The first-order valence-corrected chi connectivity index (χ1v) is 5.58. The van der Waals surface area contributed by atoms with E-state index in [0.717, 1.165) is 18.4 Å². The van der Waals surface area contributed by atoms with E-state index >= 15 is 0 Å². The molecule has 0 heterocycles. The van der Waals surface area contributed by atoms with Crippen molar-refractivity contribution in [2.75, 3.05) is 0 Å². The van der Waals surface area contributed by atoms with Gasteiger partial charge in [-0.1, -0.05) is 38.1 Å². The first-order chi connectivity index (χ1) is 7.13. The highest BCUT2D eigenvalue weighted by Gasteiger charge is 2.02. The molecule has 0 aromatic heterocycles. The Morgan fingerprint density at radius 2 is 2.13 bits per heavy atom. The Kier molecular flexibility index (Phi) is 4.41. The van der Waals surface area contributed by atoms with Gasteiger partial charge in [0.15, 0.2) is 0 Å². The molecule has 0 bridgehead atoms. The molecule has 15 heavy (non-hydrogen) atoms. The van der Waals surface area contributed by atoms with E-state index in [0.29, 0.717) is 11.7 Å². The van der Waals surface area contributed by atoms with Crippen molar-refractivity contribution < 1.29 is 5.11 Å². The van der Waals surface area contributed by atoms with E-state index < -0.39 is 0 Å². The summed E-state index contributed by atoms with van der Waals surface area (Å²) in [5, 5.41) is 9.41. The number of rotatable bonds is 4. The molecule has 0 saturated heterocycles. The summed E-state index contributed by atoms with van der Waals surface area (Å²) in [4.78, 5) is 0. The lowest BCUT2D eigenvalue weighted by molar-refractivity contribution is 0.470. The van der Waals surface area contributed by atoms with Gasteiger partial charge in [0.2, 0.25) is 0 Å². The first kappa shape index (κ1) is 11.8. The Morgan fingerprint density at radius 1 is 1.40 bits per heavy atom. The topological polar surface area (TPSA) is 20.2 Å². The molecular formula is C14H20O. The fourth-order valence-corrected chi connectivity index (χ4v) is 1.65. The lowest BCUT2D eigenvalue weighted by Gasteiger charge is -2.08. The monoisotopic (exact) mass is 204 g/mol. The van der Waals surface area contributed by atoms with Gasteiger partial charge in [-0.25, -0.2) is 0 Å². The Bertz CT molecular complexity index is 339. The Balaban J connectivity index is 2.64. The summed E-state index contributed by atoms with van der Waals surface area (Å²) < 4.78 is 0. The molecule has 1 N–H and O–H groups in total. The Morgan fingerprint density at radius 3 is 2.73 bits per heavy atom. The van der Waals surface area contributed by atoms with Crippen molar-refractivity contribution in [1.29, 1.82) is 0 Å². The largest absolute Gasteiger partial charge is 0.508 e. The van der Waals surface area contributed by atoms with Gasteiger partial charge in [0, 0.05) is 0 Å². The molecule has 0 saturated carbocycles. The third-order valence-electron chi connectivity index (χ3n) is 2.52. The summed E-state index contributed by atoms with van der Waals surface area (Å²) in [6.45, 7) is 6.30. The number of aromatic hydroxyl groups is 1. The fraction of sp³-hybridized carbons (Fsp3) is 0.429. The average molecular weight is 204 g/mol. The van der Waals surface area contributed by atoms with Crippen LogP contribution in [0.2, 0.25) is 0 Å². The van der Waals surface area contributed by atoms with Gasteiger partial charge in [0.25, 0.3) is 0 Å². The van der Waals surface area contributed by atoms with Crippen LogP contribution in [0.1, 0.15) is 31.4 Å². The van der Waals surface area contributed by atoms with Crippen LogP contribution in [0.25, 0.3) is 0 Å². The molecule has 1 atom stereocenters. The number of hydrogen-bond acceptors (Lipinski definition) is 1. The third-order valence-corrected chi connectivity index (χ3v) is 2.52. The van der Waals surface area contributed by atoms with Crippen molar-refractivity contribution in [2.45, 2.75) is 33.6 Å². The van der Waals surface area contributed by atoms with E-state index in [2.05, 4.69) is 32.1 Å². The molecule has 0 amide bonds. The molecule has 0 fully saturated rings. The molecule has 1 nitrogen and oxygen atoms in total. The molecule has 1 rings (SSSR count). The minimum atomic E-state index is 0.385. The number of aryl methyl sites for hydroxylation is 1. The van der Waals surface area contributed by atoms with Gasteiger partial charge in [-0.2, -0.15) is 0 Å². The van der Waals surface area contributed by atoms with Gasteiger partial charge in [0.1, 0.15) is 5.75 Å². The van der Waals surface area contributed by atoms with Crippen molar-refractivity contribution >= 4 is 0 Å². The molecule has 0 aliphatic carbocycles. The SMILES string of the molecule is CC/C=C\C(C)Cc1ccc(O)c(C)c1. The Labute approximate surface area is 92.5 Å². The zero-order chi connectivity index (χ0) is 11.3. The number of phenolic OH excluding ortho intramolecular Hbond substituents is 1. The number of benzene rings is 1. The third kappa shape index (κ3) is 3.78. The summed E-state index contributed by atoms with van der Waals surface area (Å²) in [5.41, 5.74) is 2.25. The summed E-state index contributed by atoms with van der Waals surface area (Å²) in [5.74, 6) is 0.949. The summed E-state index contributed by atoms with van der Waals surface area (Å²) >= 11 is 0. The average Bonchev–Trinajstić information content (AvgIpc) is 2.20. The minimum absolute atomic E-state index is 0.385. The fourth-order valence-electron chi connectivity index (χ4n) is 1.65. The van der Waals surface area contributed by atoms with Gasteiger partial charge in [-0.15, -0.1) is 0 Å². The first-order valence-electron chi connectivity index (χ1n) is 5.58. The van der Waals surface area contributed by atoms with Crippen molar-refractivity contribution in [3.63, 3.8) is 0 Å². The van der Waals surface area contributed by atoms with Crippen LogP contribution in [0, 0.1) is 12.8 Å². The van der Waals surface area contributed by atoms with Crippen LogP contribution in [0.5, 0.6) is 5.75 Å². The standard InChI is InChI=1S/C14H20O/c1-4-5-6-11(2)9-13-7-8-14(15)12(3)10-13/h5-8,10-11,15H,4,9H2,1-3H3/b6-5-. The zero-order valence-electron chi connectivity index (χ0n) is 9.83. The van der Waals surface area contributed by atoms with Gasteiger partial charge < -0.3 is 5.11 Å². The second-order valence-corrected chi connectivity index (χ2v) is 4.14. The molecule has 0 radical (unpaired) electrons. The molecule has 0 spiro atoms. The highest BCUT2D eigenvalue weighted by molar-refractivity contribution is 5.35. The van der Waals surface area contributed by atoms with Crippen LogP contribution in [0.3, 0.4) is 0 Å². The normalized spacial score (nSPS) is 13.3. The number of allylic oxidation sites excluding steroid dienone is 2. The quantitative estimate of drug-likeness (QED) is 0.739. The van der Waals surface area contributed by atoms with Crippen molar-refractivity contribution in [3.05, 3.63) is 41.5 Å². The lowest BCUT2D eigenvalue weighted by Crippen LogP contribution is -1.96. The second-order valence-electron chi connectivity index (χ2n) is 4.14. The zero-order valence-corrected chi connectivity index (χ0v) is 9.83. The number of phenols is 1.